The summed E-state index contributed by atoms with van der Waals surface area (Å²) < 4.78 is 17.8. The van der Waals surface area contributed by atoms with Crippen LogP contribution < -0.4 is 0 Å². The summed E-state index contributed by atoms with van der Waals surface area (Å²) in [5.41, 5.74) is 1.21. The summed E-state index contributed by atoms with van der Waals surface area (Å²) in [5, 5.41) is 0. The van der Waals surface area contributed by atoms with Crippen molar-refractivity contribution in [2.75, 3.05) is 6.61 Å². The Balaban J connectivity index is 1.78. The van der Waals surface area contributed by atoms with Gasteiger partial charge in [-0.05, 0) is 32.3 Å². The molecule has 0 radical (unpaired) electrons. The minimum absolute atomic E-state index is 0.203. The molecule has 0 aliphatic carbocycles. The molecule has 1 aliphatic heterocycles. The molecular weight excluding hydrogens is 264 g/mol. The van der Waals surface area contributed by atoms with Gasteiger partial charge in [-0.1, -0.05) is 44.2 Å². The quantitative estimate of drug-likeness (QED) is 0.737. The van der Waals surface area contributed by atoms with Crippen molar-refractivity contribution < 1.29 is 14.2 Å². The molecule has 1 fully saturated rings. The Morgan fingerprint density at radius 3 is 2.43 bits per heavy atom. The Labute approximate surface area is 128 Å². The van der Waals surface area contributed by atoms with Crippen LogP contribution in [-0.4, -0.2) is 24.6 Å². The van der Waals surface area contributed by atoms with Crippen LogP contribution >= 0.6 is 0 Å². The molecular formula is C18H28O3. The maximum absolute atomic E-state index is 6.07. The molecule has 3 atom stereocenters. The van der Waals surface area contributed by atoms with E-state index in [9.17, 15) is 0 Å². The fourth-order valence-electron chi connectivity index (χ4n) is 2.95. The zero-order valence-corrected chi connectivity index (χ0v) is 13.7. The van der Waals surface area contributed by atoms with E-state index in [1.165, 1.54) is 5.56 Å². The van der Waals surface area contributed by atoms with Crippen LogP contribution in [0.2, 0.25) is 0 Å². The van der Waals surface area contributed by atoms with Crippen molar-refractivity contribution >= 4 is 0 Å². The van der Waals surface area contributed by atoms with Crippen LogP contribution in [0.25, 0.3) is 0 Å². The molecule has 1 heterocycles. The first-order chi connectivity index (χ1) is 10.0. The largest absolute Gasteiger partial charge is 0.377 e. The first kappa shape index (κ1) is 16.5. The van der Waals surface area contributed by atoms with Crippen molar-refractivity contribution in [1.29, 1.82) is 0 Å². The molecule has 0 spiro atoms. The van der Waals surface area contributed by atoms with Gasteiger partial charge >= 0.3 is 0 Å². The van der Waals surface area contributed by atoms with E-state index in [0.29, 0.717) is 12.5 Å². The first-order valence-corrected chi connectivity index (χ1v) is 7.99. The zero-order valence-electron chi connectivity index (χ0n) is 13.7. The lowest BCUT2D eigenvalue weighted by molar-refractivity contribution is -0.320. The van der Waals surface area contributed by atoms with E-state index in [1.807, 2.05) is 32.0 Å². The van der Waals surface area contributed by atoms with Crippen LogP contribution in [0.3, 0.4) is 0 Å². The summed E-state index contributed by atoms with van der Waals surface area (Å²) in [5.74, 6) is -0.0829. The van der Waals surface area contributed by atoms with Gasteiger partial charge in [0.15, 0.2) is 5.79 Å². The Morgan fingerprint density at radius 1 is 1.10 bits per heavy atom. The van der Waals surface area contributed by atoms with Gasteiger partial charge in [0.1, 0.15) is 0 Å². The van der Waals surface area contributed by atoms with E-state index in [2.05, 4.69) is 26.0 Å². The summed E-state index contributed by atoms with van der Waals surface area (Å²) in [6.07, 6.45) is 2.41. The summed E-state index contributed by atoms with van der Waals surface area (Å²) in [7, 11) is 0. The fourth-order valence-corrected chi connectivity index (χ4v) is 2.95. The molecule has 0 N–H and O–H groups in total. The number of hydrogen-bond acceptors (Lipinski definition) is 3. The van der Waals surface area contributed by atoms with E-state index < -0.39 is 5.79 Å². The second kappa shape index (κ2) is 7.39. The van der Waals surface area contributed by atoms with Gasteiger partial charge in [-0.3, -0.25) is 0 Å². The van der Waals surface area contributed by atoms with Crippen LogP contribution in [0, 0.1) is 5.92 Å². The first-order valence-electron chi connectivity index (χ1n) is 7.99. The maximum atomic E-state index is 6.07. The van der Waals surface area contributed by atoms with Crippen molar-refractivity contribution in [3.63, 3.8) is 0 Å². The fraction of sp³-hybridized carbons (Fsp3) is 0.667. The summed E-state index contributed by atoms with van der Waals surface area (Å²) in [6, 6.07) is 10.3. The third-order valence-corrected chi connectivity index (χ3v) is 4.10. The summed E-state index contributed by atoms with van der Waals surface area (Å²) in [4.78, 5) is 0. The van der Waals surface area contributed by atoms with E-state index in [4.69, 9.17) is 14.2 Å². The molecule has 0 amide bonds. The Hall–Kier alpha value is -0.900. The van der Waals surface area contributed by atoms with Crippen LogP contribution in [-0.2, 0) is 20.8 Å². The zero-order chi connectivity index (χ0) is 15.3. The van der Waals surface area contributed by atoms with Crippen LogP contribution in [0.4, 0.5) is 0 Å². The van der Waals surface area contributed by atoms with Crippen LogP contribution in [0.15, 0.2) is 30.3 Å². The molecule has 21 heavy (non-hydrogen) atoms. The van der Waals surface area contributed by atoms with Gasteiger partial charge in [-0.25, -0.2) is 0 Å². The van der Waals surface area contributed by atoms with Crippen LogP contribution in [0.1, 0.15) is 46.1 Å². The molecule has 3 nitrogen and oxygen atoms in total. The second-order valence-electron chi connectivity index (χ2n) is 6.31. The topological polar surface area (TPSA) is 27.7 Å². The van der Waals surface area contributed by atoms with Crippen molar-refractivity contribution in [1.82, 2.24) is 0 Å². The molecule has 0 unspecified atom stereocenters. The van der Waals surface area contributed by atoms with Crippen LogP contribution in [0.5, 0.6) is 0 Å². The second-order valence-corrected chi connectivity index (χ2v) is 6.31. The lowest BCUT2D eigenvalue weighted by atomic mass is 9.92. The van der Waals surface area contributed by atoms with Gasteiger partial charge in [-0.15, -0.1) is 0 Å². The highest BCUT2D eigenvalue weighted by Crippen LogP contribution is 2.33. The van der Waals surface area contributed by atoms with Crippen molar-refractivity contribution in [2.45, 2.75) is 65.1 Å². The molecule has 3 heteroatoms. The van der Waals surface area contributed by atoms with Gasteiger partial charge < -0.3 is 14.2 Å². The average molecular weight is 292 g/mol. The lowest BCUT2D eigenvalue weighted by Gasteiger charge is -2.45. The Kier molecular flexibility index (Phi) is 5.80. The van der Waals surface area contributed by atoms with Crippen molar-refractivity contribution in [3.05, 3.63) is 35.9 Å². The number of hydrogen-bond donors (Lipinski definition) is 0. The molecule has 118 valence electrons. The molecule has 0 saturated carbocycles. The summed E-state index contributed by atoms with van der Waals surface area (Å²) >= 11 is 0. The normalized spacial score (nSPS) is 28.5. The minimum atomic E-state index is -0.489. The Bertz CT molecular complexity index is 416. The molecule has 1 aliphatic rings. The predicted molar refractivity (Wildman–Crippen MR) is 84.0 cm³/mol. The third-order valence-electron chi connectivity index (χ3n) is 4.10. The van der Waals surface area contributed by atoms with E-state index >= 15 is 0 Å². The van der Waals surface area contributed by atoms with Gasteiger partial charge in [0.25, 0.3) is 0 Å². The number of rotatable bonds is 6. The van der Waals surface area contributed by atoms with Gasteiger partial charge in [0.05, 0.1) is 18.8 Å². The highest BCUT2D eigenvalue weighted by Gasteiger charge is 2.39. The third kappa shape index (κ3) is 4.80. The molecule has 0 aromatic heterocycles. The molecule has 1 aromatic carbocycles. The minimum Gasteiger partial charge on any atom is -0.377 e. The van der Waals surface area contributed by atoms with Gasteiger partial charge in [-0.2, -0.15) is 0 Å². The smallest absolute Gasteiger partial charge is 0.163 e. The van der Waals surface area contributed by atoms with E-state index in [-0.39, 0.29) is 12.2 Å². The lowest BCUT2D eigenvalue weighted by Crippen LogP contribution is -2.50. The molecule has 0 bridgehead atoms. The summed E-state index contributed by atoms with van der Waals surface area (Å²) in [6.45, 7) is 9.77. The van der Waals surface area contributed by atoms with Gasteiger partial charge in [0, 0.05) is 12.5 Å². The van der Waals surface area contributed by atoms with Gasteiger partial charge in [0.2, 0.25) is 0 Å². The van der Waals surface area contributed by atoms with E-state index in [1.54, 1.807) is 0 Å². The maximum Gasteiger partial charge on any atom is 0.163 e. The molecule has 1 aromatic rings. The van der Waals surface area contributed by atoms with Crippen molar-refractivity contribution in [2.24, 2.45) is 5.92 Å². The highest BCUT2D eigenvalue weighted by molar-refractivity contribution is 5.13. The standard InChI is InChI=1S/C18H28O3/c1-5-16-14(2)17(21-18(3,4)20-16)11-12-19-13-15-9-7-6-8-10-15/h6-10,14,16-17H,5,11-13H2,1-4H3/t14-,16-,17-/m0/s1. The predicted octanol–water partition coefficient (Wildman–Crippen LogP) is 4.16. The number of benzene rings is 1. The number of ether oxygens (including phenoxy) is 3. The molecule has 2 rings (SSSR count). The highest BCUT2D eigenvalue weighted by atomic mass is 16.7. The van der Waals surface area contributed by atoms with E-state index in [0.717, 1.165) is 19.4 Å². The molecule has 1 saturated heterocycles. The average Bonchev–Trinajstić information content (AvgIpc) is 2.47. The monoisotopic (exact) mass is 292 g/mol. The van der Waals surface area contributed by atoms with Crippen molar-refractivity contribution in [3.8, 4) is 0 Å². The Morgan fingerprint density at radius 2 is 1.76 bits per heavy atom. The SMILES string of the molecule is CC[C@@H]1OC(C)(C)O[C@@H](CCOCc2ccccc2)[C@H]1C.